The highest BCUT2D eigenvalue weighted by atomic mass is 32.2. The molecule has 0 unspecified atom stereocenters. The topological polar surface area (TPSA) is 71.5 Å². The van der Waals surface area contributed by atoms with Crippen LogP contribution in [-0.2, 0) is 19.9 Å². The summed E-state index contributed by atoms with van der Waals surface area (Å²) in [5, 5.41) is 0.426. The molecular weight excluding hydrogens is 358 g/mol. The maximum absolute atomic E-state index is 12.6. The van der Waals surface area contributed by atoms with Crippen LogP contribution in [0.4, 0.5) is 0 Å². The smallest absolute Gasteiger partial charge is 0.223 e. The molecule has 0 aliphatic carbocycles. The number of hydrogen-bond acceptors (Lipinski definition) is 4. The van der Waals surface area contributed by atoms with Gasteiger partial charge in [-0.05, 0) is 30.2 Å². The van der Waals surface area contributed by atoms with E-state index in [4.69, 9.17) is 0 Å². The first-order valence-corrected chi connectivity index (χ1v) is 11.0. The van der Waals surface area contributed by atoms with Gasteiger partial charge < -0.3 is 0 Å². The highest BCUT2D eigenvalue weighted by molar-refractivity contribution is 7.93. The van der Waals surface area contributed by atoms with E-state index in [1.807, 2.05) is 18.2 Å². The van der Waals surface area contributed by atoms with Gasteiger partial charge in [0.25, 0.3) is 0 Å². The maximum Gasteiger partial charge on any atom is 0.236 e. The van der Waals surface area contributed by atoms with Crippen LogP contribution in [0.15, 0.2) is 71.0 Å². The summed E-state index contributed by atoms with van der Waals surface area (Å²) < 4.78 is 51.4. The van der Waals surface area contributed by atoms with Gasteiger partial charge in [-0.15, -0.1) is 0 Å². The summed E-state index contributed by atoms with van der Waals surface area (Å²) in [5.74, 6) is 0. The largest absolute Gasteiger partial charge is 0.236 e. The van der Waals surface area contributed by atoms with Crippen LogP contribution in [0.3, 0.4) is 0 Å². The molecule has 25 heavy (non-hydrogen) atoms. The molecule has 2 aromatic carbocycles. The number of sulfone groups is 1. The molecule has 0 spiro atoms. The Hall–Kier alpha value is -1.96. The highest BCUT2D eigenvalue weighted by Crippen LogP contribution is 2.26. The van der Waals surface area contributed by atoms with E-state index in [0.29, 0.717) is 6.42 Å². The summed E-state index contributed by atoms with van der Waals surface area (Å²) in [6.07, 6.45) is 1.82. The minimum Gasteiger partial charge on any atom is -0.223 e. The molecule has 1 fully saturated rings. The minimum atomic E-state index is -3.65. The predicted molar refractivity (Wildman–Crippen MR) is 98.0 cm³/mol. The molecule has 0 radical (unpaired) electrons. The lowest BCUT2D eigenvalue weighted by Crippen LogP contribution is -2.30. The van der Waals surface area contributed by atoms with Gasteiger partial charge in [0.1, 0.15) is 0 Å². The first kappa shape index (κ1) is 17.8. The van der Waals surface area contributed by atoms with Crippen molar-refractivity contribution in [1.29, 1.82) is 0 Å². The molecule has 0 bridgehead atoms. The number of nitrogens with zero attached hydrogens (tertiary/aromatic N) is 1. The lowest BCUT2D eigenvalue weighted by molar-refractivity contribution is 0.485. The Kier molecular flexibility index (Phi) is 5.08. The molecule has 7 heteroatoms. The molecule has 1 aliphatic heterocycles. The third kappa shape index (κ3) is 4.00. The quantitative estimate of drug-likeness (QED) is 0.803. The van der Waals surface area contributed by atoms with Gasteiger partial charge in [0.05, 0.1) is 10.1 Å². The van der Waals surface area contributed by atoms with Crippen LogP contribution < -0.4 is 0 Å². The fraction of sp³-hybridized carbons (Fsp3) is 0.222. The Balaban J connectivity index is 1.75. The molecule has 1 atom stereocenters. The average molecular weight is 377 g/mol. The van der Waals surface area contributed by atoms with E-state index in [2.05, 4.69) is 0 Å². The van der Waals surface area contributed by atoms with Crippen molar-refractivity contribution < 1.29 is 16.8 Å². The zero-order valence-corrected chi connectivity index (χ0v) is 15.2. The summed E-state index contributed by atoms with van der Waals surface area (Å²) in [6.45, 7) is 0.191. The van der Waals surface area contributed by atoms with Crippen molar-refractivity contribution in [2.75, 3.05) is 13.1 Å². The lowest BCUT2D eigenvalue weighted by Gasteiger charge is -2.14. The molecule has 1 heterocycles. The Morgan fingerprint density at radius 3 is 2.12 bits per heavy atom. The van der Waals surface area contributed by atoms with Crippen molar-refractivity contribution in [2.24, 2.45) is 0 Å². The van der Waals surface area contributed by atoms with Crippen molar-refractivity contribution >= 4 is 25.9 Å². The summed E-state index contributed by atoms with van der Waals surface area (Å²) in [4.78, 5) is 0.235. The zero-order valence-electron chi connectivity index (χ0n) is 13.5. The van der Waals surface area contributed by atoms with Crippen molar-refractivity contribution in [1.82, 2.24) is 4.31 Å². The molecule has 1 saturated heterocycles. The second-order valence-corrected chi connectivity index (χ2v) is 9.93. The fourth-order valence-corrected chi connectivity index (χ4v) is 5.86. The summed E-state index contributed by atoms with van der Waals surface area (Å²) >= 11 is 0. The second kappa shape index (κ2) is 7.11. The van der Waals surface area contributed by atoms with Crippen LogP contribution in [0.1, 0.15) is 12.0 Å². The van der Waals surface area contributed by atoms with E-state index in [-0.39, 0.29) is 18.0 Å². The third-order valence-corrected chi connectivity index (χ3v) is 7.93. The van der Waals surface area contributed by atoms with Crippen LogP contribution in [0.2, 0.25) is 0 Å². The Morgan fingerprint density at radius 1 is 0.880 bits per heavy atom. The molecule has 0 amide bonds. The van der Waals surface area contributed by atoms with Crippen LogP contribution in [0, 0.1) is 0 Å². The fourth-order valence-electron chi connectivity index (χ4n) is 2.80. The maximum atomic E-state index is 12.6. The molecule has 0 aromatic heterocycles. The Bertz CT molecular complexity index is 953. The van der Waals surface area contributed by atoms with Crippen LogP contribution >= 0.6 is 0 Å². The van der Waals surface area contributed by atoms with Crippen molar-refractivity contribution in [2.45, 2.75) is 16.6 Å². The highest BCUT2D eigenvalue weighted by Gasteiger charge is 2.38. The van der Waals surface area contributed by atoms with Crippen molar-refractivity contribution in [3.8, 4) is 0 Å². The number of rotatable bonds is 5. The molecular formula is C18H19NO4S2. The van der Waals surface area contributed by atoms with E-state index in [1.54, 1.807) is 42.5 Å². The average Bonchev–Trinajstić information content (AvgIpc) is 3.14. The van der Waals surface area contributed by atoms with Crippen LogP contribution in [0.5, 0.6) is 0 Å². The van der Waals surface area contributed by atoms with E-state index >= 15 is 0 Å². The SMILES string of the molecule is O=S(=O)(c1ccccc1)[C@@H]1CCN(S(=O)(=O)/C=C/c2ccccc2)C1. The molecule has 2 aromatic rings. The zero-order chi connectivity index (χ0) is 17.9. The summed E-state index contributed by atoms with van der Waals surface area (Å²) in [5.41, 5.74) is 0.777. The van der Waals surface area contributed by atoms with Gasteiger partial charge in [0.15, 0.2) is 9.84 Å². The van der Waals surface area contributed by atoms with Crippen molar-refractivity contribution in [3.05, 3.63) is 71.6 Å². The Labute approximate surface area is 148 Å². The standard InChI is InChI=1S/C18H19NO4S2/c20-24(21,14-12-16-7-3-1-4-8-16)19-13-11-18(15-19)25(22,23)17-9-5-2-6-10-17/h1-10,12,14,18H,11,13,15H2/b14-12+/t18-/m1/s1. The third-order valence-electron chi connectivity index (χ3n) is 4.21. The first-order chi connectivity index (χ1) is 11.9. The molecule has 132 valence electrons. The lowest BCUT2D eigenvalue weighted by atomic mass is 10.2. The van der Waals surface area contributed by atoms with Gasteiger partial charge in [0.2, 0.25) is 10.0 Å². The second-order valence-electron chi connectivity index (χ2n) is 5.89. The monoisotopic (exact) mass is 377 g/mol. The number of sulfonamides is 1. The first-order valence-electron chi connectivity index (χ1n) is 7.92. The van der Waals surface area contributed by atoms with E-state index in [0.717, 1.165) is 11.0 Å². The molecule has 5 nitrogen and oxygen atoms in total. The minimum absolute atomic E-state index is 0.0152. The summed E-state index contributed by atoms with van der Waals surface area (Å²) in [7, 11) is -7.17. The molecule has 1 aliphatic rings. The van der Waals surface area contributed by atoms with Gasteiger partial charge in [-0.1, -0.05) is 48.5 Å². The van der Waals surface area contributed by atoms with Gasteiger partial charge >= 0.3 is 0 Å². The van der Waals surface area contributed by atoms with Gasteiger partial charge in [0, 0.05) is 18.5 Å². The normalized spacial score (nSPS) is 19.4. The molecule has 3 rings (SSSR count). The van der Waals surface area contributed by atoms with E-state index in [9.17, 15) is 16.8 Å². The number of hydrogen-bond donors (Lipinski definition) is 0. The van der Waals surface area contributed by atoms with Crippen LogP contribution in [0.25, 0.3) is 6.08 Å². The van der Waals surface area contributed by atoms with Crippen molar-refractivity contribution in [3.63, 3.8) is 0 Å². The van der Waals surface area contributed by atoms with Gasteiger partial charge in [-0.2, -0.15) is 4.31 Å². The molecule has 0 saturated carbocycles. The van der Waals surface area contributed by atoms with Gasteiger partial charge in [-0.25, -0.2) is 16.8 Å². The van der Waals surface area contributed by atoms with Crippen LogP contribution in [-0.4, -0.2) is 39.5 Å². The molecule has 0 N–H and O–H groups in total. The van der Waals surface area contributed by atoms with E-state index < -0.39 is 25.1 Å². The summed E-state index contributed by atoms with van der Waals surface area (Å²) in [6, 6.07) is 17.3. The number of benzene rings is 2. The Morgan fingerprint density at radius 2 is 1.48 bits per heavy atom. The van der Waals surface area contributed by atoms with E-state index in [1.165, 1.54) is 10.4 Å². The predicted octanol–water partition coefficient (Wildman–Crippen LogP) is 2.54. The van der Waals surface area contributed by atoms with Gasteiger partial charge in [-0.3, -0.25) is 0 Å².